The minimum absolute atomic E-state index is 0.0923. The topological polar surface area (TPSA) is 75.9 Å². The number of benzene rings is 3. The number of rotatable bonds is 8. The number of nitrogens with one attached hydrogen (secondary N) is 2. The van der Waals surface area contributed by atoms with Crippen LogP contribution in [0, 0.1) is 6.92 Å². The maximum Gasteiger partial charge on any atom is 0.285 e. The molecule has 7 heteroatoms. The van der Waals surface area contributed by atoms with Gasteiger partial charge < -0.3 is 14.5 Å². The highest BCUT2D eigenvalue weighted by Crippen LogP contribution is 2.23. The van der Waals surface area contributed by atoms with Crippen molar-refractivity contribution in [3.63, 3.8) is 0 Å². The number of aryl methyl sites for hydroxylation is 1. The number of carbonyl (C=O) groups is 1. The number of carbonyl (C=O) groups excluding carboxylic acids is 1. The molecular weight excluding hydrogens is 426 g/mol. The Balaban J connectivity index is 1.27. The summed E-state index contributed by atoms with van der Waals surface area (Å²) in [6.45, 7) is 2.36. The summed E-state index contributed by atoms with van der Waals surface area (Å²) >= 11 is 6.22. The van der Waals surface area contributed by atoms with Gasteiger partial charge in [0.15, 0.2) is 5.76 Å². The fourth-order valence-corrected chi connectivity index (χ4v) is 3.51. The van der Waals surface area contributed by atoms with Crippen LogP contribution in [0.5, 0.6) is 5.95 Å². The average molecular weight is 448 g/mol. The van der Waals surface area contributed by atoms with E-state index in [0.29, 0.717) is 23.3 Å². The minimum Gasteiger partial charge on any atom is -0.460 e. The van der Waals surface area contributed by atoms with Gasteiger partial charge in [-0.25, -0.2) is 5.43 Å². The van der Waals surface area contributed by atoms with Gasteiger partial charge in [0.1, 0.15) is 6.61 Å². The van der Waals surface area contributed by atoms with E-state index in [4.69, 9.17) is 20.8 Å². The number of hydrogen-bond acceptors (Lipinski definition) is 5. The van der Waals surface area contributed by atoms with Crippen LogP contribution in [0.15, 0.2) is 82.3 Å². The van der Waals surface area contributed by atoms with E-state index in [0.717, 1.165) is 27.6 Å². The fraction of sp³-hybridized carbons (Fsp3) is 0.120. The number of ether oxygens (including phenoxy) is 1. The number of hydrazone groups is 1. The molecule has 2 N–H and O–H groups in total. The number of anilines is 1. The Morgan fingerprint density at radius 2 is 1.88 bits per heavy atom. The Morgan fingerprint density at radius 1 is 1.06 bits per heavy atom. The van der Waals surface area contributed by atoms with Crippen LogP contribution in [0.25, 0.3) is 10.8 Å². The van der Waals surface area contributed by atoms with Gasteiger partial charge in [-0.15, -0.1) is 0 Å². The van der Waals surface area contributed by atoms with E-state index in [-0.39, 0.29) is 12.5 Å². The first kappa shape index (κ1) is 21.5. The van der Waals surface area contributed by atoms with Crippen molar-refractivity contribution in [3.05, 3.63) is 94.7 Å². The molecule has 4 aromatic rings. The number of nitrogens with zero attached hydrogens (tertiary/aromatic N) is 1. The molecule has 3 aromatic carbocycles. The van der Waals surface area contributed by atoms with Crippen LogP contribution in [-0.2, 0) is 11.4 Å². The Labute approximate surface area is 190 Å². The van der Waals surface area contributed by atoms with Gasteiger partial charge >= 0.3 is 0 Å². The SMILES string of the molecule is Cc1cccc(Cl)c1COc1ccc(/C=N/NC(=O)CNc2cccc3ccccc23)o1. The lowest BCUT2D eigenvalue weighted by Gasteiger charge is -2.08. The first-order chi connectivity index (χ1) is 15.6. The summed E-state index contributed by atoms with van der Waals surface area (Å²) in [6, 6.07) is 23.0. The van der Waals surface area contributed by atoms with Gasteiger partial charge in [0.05, 0.1) is 12.8 Å². The molecule has 32 heavy (non-hydrogen) atoms. The minimum atomic E-state index is -0.272. The summed E-state index contributed by atoms with van der Waals surface area (Å²) in [4.78, 5) is 12.1. The van der Waals surface area contributed by atoms with Gasteiger partial charge in [-0.3, -0.25) is 4.79 Å². The monoisotopic (exact) mass is 447 g/mol. The maximum atomic E-state index is 12.1. The van der Waals surface area contributed by atoms with E-state index < -0.39 is 0 Å². The van der Waals surface area contributed by atoms with E-state index in [1.54, 1.807) is 12.1 Å². The third-order valence-corrected chi connectivity index (χ3v) is 5.28. The van der Waals surface area contributed by atoms with E-state index in [9.17, 15) is 4.79 Å². The quantitative estimate of drug-likeness (QED) is 0.275. The number of halogens is 1. The molecule has 162 valence electrons. The highest BCUT2D eigenvalue weighted by Gasteiger charge is 2.07. The number of hydrogen-bond donors (Lipinski definition) is 2. The molecule has 0 saturated carbocycles. The summed E-state index contributed by atoms with van der Waals surface area (Å²) in [5.74, 6) is 0.527. The van der Waals surface area contributed by atoms with Crippen molar-refractivity contribution in [2.24, 2.45) is 5.10 Å². The molecule has 0 saturated heterocycles. The first-order valence-electron chi connectivity index (χ1n) is 10.1. The van der Waals surface area contributed by atoms with Crippen LogP contribution in [0.1, 0.15) is 16.9 Å². The maximum absolute atomic E-state index is 12.1. The van der Waals surface area contributed by atoms with Crippen molar-refractivity contribution in [3.8, 4) is 5.95 Å². The molecule has 0 aliphatic rings. The molecule has 0 aliphatic heterocycles. The second-order valence-corrected chi connectivity index (χ2v) is 7.56. The first-order valence-corrected chi connectivity index (χ1v) is 10.5. The standard InChI is InChI=1S/C25H22ClN3O3/c1-17-6-4-10-22(26)21(17)16-31-25-13-12-19(32-25)14-28-29-24(30)15-27-23-11-5-8-18-7-2-3-9-20(18)23/h2-14,27H,15-16H2,1H3,(H,29,30)/b28-14+. The molecule has 0 unspecified atom stereocenters. The van der Waals surface area contributed by atoms with E-state index >= 15 is 0 Å². The highest BCUT2D eigenvalue weighted by molar-refractivity contribution is 6.31. The Hall–Kier alpha value is -3.77. The number of furan rings is 1. The van der Waals surface area contributed by atoms with E-state index in [1.165, 1.54) is 6.21 Å². The number of amides is 1. The average Bonchev–Trinajstić information content (AvgIpc) is 3.25. The molecule has 4 rings (SSSR count). The van der Waals surface area contributed by atoms with Crippen LogP contribution >= 0.6 is 11.6 Å². The van der Waals surface area contributed by atoms with E-state index in [1.807, 2.05) is 67.6 Å². The molecule has 6 nitrogen and oxygen atoms in total. The lowest BCUT2D eigenvalue weighted by molar-refractivity contribution is -0.119. The van der Waals surface area contributed by atoms with Crippen LogP contribution in [-0.4, -0.2) is 18.7 Å². The van der Waals surface area contributed by atoms with Crippen molar-refractivity contribution in [2.75, 3.05) is 11.9 Å². The molecule has 1 amide bonds. The lowest BCUT2D eigenvalue weighted by atomic mass is 10.1. The Morgan fingerprint density at radius 3 is 2.75 bits per heavy atom. The summed E-state index contributed by atoms with van der Waals surface area (Å²) in [5.41, 5.74) is 5.33. The van der Waals surface area contributed by atoms with Gasteiger partial charge in [0.2, 0.25) is 0 Å². The largest absolute Gasteiger partial charge is 0.460 e. The second-order valence-electron chi connectivity index (χ2n) is 7.15. The zero-order valence-electron chi connectivity index (χ0n) is 17.5. The van der Waals surface area contributed by atoms with Crippen LogP contribution in [0.4, 0.5) is 5.69 Å². The molecule has 0 radical (unpaired) electrons. The summed E-state index contributed by atoms with van der Waals surface area (Å²) in [5, 5.41) is 9.90. The molecule has 0 spiro atoms. The molecule has 0 atom stereocenters. The van der Waals surface area contributed by atoms with Crippen molar-refractivity contribution < 1.29 is 13.9 Å². The lowest BCUT2D eigenvalue weighted by Crippen LogP contribution is -2.25. The Kier molecular flexibility index (Phi) is 6.72. The fourth-order valence-electron chi connectivity index (χ4n) is 3.24. The second kappa shape index (κ2) is 10.0. The van der Waals surface area contributed by atoms with Crippen molar-refractivity contribution in [1.29, 1.82) is 0 Å². The van der Waals surface area contributed by atoms with Crippen molar-refractivity contribution in [1.82, 2.24) is 5.43 Å². The predicted molar refractivity (Wildman–Crippen MR) is 127 cm³/mol. The van der Waals surface area contributed by atoms with Gasteiger partial charge in [0, 0.05) is 27.7 Å². The summed E-state index contributed by atoms with van der Waals surface area (Å²) in [7, 11) is 0. The van der Waals surface area contributed by atoms with Gasteiger partial charge in [-0.05, 0) is 36.1 Å². The molecule has 1 aromatic heterocycles. The zero-order valence-corrected chi connectivity index (χ0v) is 18.2. The third kappa shape index (κ3) is 5.28. The van der Waals surface area contributed by atoms with E-state index in [2.05, 4.69) is 15.8 Å². The molecule has 1 heterocycles. The summed E-state index contributed by atoms with van der Waals surface area (Å²) in [6.07, 6.45) is 1.42. The van der Waals surface area contributed by atoms with Crippen molar-refractivity contribution >= 4 is 40.2 Å². The highest BCUT2D eigenvalue weighted by atomic mass is 35.5. The molecule has 0 aliphatic carbocycles. The molecular formula is C25H22ClN3O3. The zero-order chi connectivity index (χ0) is 22.3. The van der Waals surface area contributed by atoms with Crippen LogP contribution in [0.2, 0.25) is 5.02 Å². The molecule has 0 fully saturated rings. The summed E-state index contributed by atoms with van der Waals surface area (Å²) < 4.78 is 11.2. The van der Waals surface area contributed by atoms with Crippen LogP contribution in [0.3, 0.4) is 0 Å². The third-order valence-electron chi connectivity index (χ3n) is 4.92. The van der Waals surface area contributed by atoms with Crippen molar-refractivity contribution in [2.45, 2.75) is 13.5 Å². The number of fused-ring (bicyclic) bond motifs is 1. The Bertz CT molecular complexity index is 1240. The smallest absolute Gasteiger partial charge is 0.285 e. The van der Waals surface area contributed by atoms with Crippen LogP contribution < -0.4 is 15.5 Å². The normalized spacial score (nSPS) is 11.1. The van der Waals surface area contributed by atoms with Gasteiger partial charge in [0.25, 0.3) is 11.9 Å². The molecule has 0 bridgehead atoms. The predicted octanol–water partition coefficient (Wildman–Crippen LogP) is 5.54. The van der Waals surface area contributed by atoms with Gasteiger partial charge in [-0.1, -0.05) is 60.1 Å². The van der Waals surface area contributed by atoms with Gasteiger partial charge in [-0.2, -0.15) is 5.10 Å².